The van der Waals surface area contributed by atoms with Crippen molar-refractivity contribution >= 4 is 17.3 Å². The second-order valence-electron chi connectivity index (χ2n) is 8.46. The van der Waals surface area contributed by atoms with E-state index in [9.17, 15) is 14.3 Å². The number of carbonyl (C=O) groups is 1. The predicted octanol–water partition coefficient (Wildman–Crippen LogP) is 6.37. The van der Waals surface area contributed by atoms with Gasteiger partial charge in [-0.2, -0.15) is 0 Å². The van der Waals surface area contributed by atoms with Crippen molar-refractivity contribution in [2.45, 2.75) is 33.8 Å². The molecule has 174 valence electrons. The van der Waals surface area contributed by atoms with E-state index in [1.807, 2.05) is 76.0 Å². The molecule has 0 aliphatic rings. The molecule has 0 aliphatic carbocycles. The van der Waals surface area contributed by atoms with Gasteiger partial charge >= 0.3 is 5.97 Å². The van der Waals surface area contributed by atoms with Gasteiger partial charge in [-0.05, 0) is 60.9 Å². The van der Waals surface area contributed by atoms with Crippen LogP contribution >= 0.6 is 0 Å². The number of rotatable bonds is 8. The maximum atomic E-state index is 13.8. The smallest absolute Gasteiger partial charge is 0.345 e. The minimum absolute atomic E-state index is 0.184. The topological polar surface area (TPSA) is 59.0 Å². The highest BCUT2D eigenvalue weighted by Crippen LogP contribution is 2.39. The fourth-order valence-electron chi connectivity index (χ4n) is 3.93. The molecule has 0 aromatic heterocycles. The van der Waals surface area contributed by atoms with Crippen LogP contribution in [0.4, 0.5) is 15.8 Å². The zero-order chi connectivity index (χ0) is 24.3. The molecule has 0 saturated carbocycles. The quantitative estimate of drug-likeness (QED) is 0.431. The highest BCUT2D eigenvalue weighted by Gasteiger charge is 2.25. The number of nitrogens with zero attached hydrogens (tertiary/aromatic N) is 1. The third-order valence-electron chi connectivity index (χ3n) is 5.69. The van der Waals surface area contributed by atoms with Gasteiger partial charge in [-0.25, -0.2) is 9.18 Å². The number of aliphatic carboxylic acids is 1. The monoisotopic (exact) mass is 451 g/mol. The fraction of sp³-hybridized carbons (Fsp3) is 0.296. The van der Waals surface area contributed by atoms with Crippen molar-refractivity contribution in [1.29, 1.82) is 0 Å². The average molecular weight is 452 g/mol. The van der Waals surface area contributed by atoms with Crippen LogP contribution < -0.4 is 14.4 Å². The number of carboxylic acids is 1. The first-order chi connectivity index (χ1) is 15.6. The van der Waals surface area contributed by atoms with Gasteiger partial charge in [0, 0.05) is 30.3 Å². The summed E-state index contributed by atoms with van der Waals surface area (Å²) < 4.78 is 25.3. The SMILES string of the molecule is COc1cc(-c2cccc(F)c2)cc(N(C)c2c(C)ccc(OC(C(=O)O)C(C)C)c2C)c1. The van der Waals surface area contributed by atoms with E-state index in [-0.39, 0.29) is 11.7 Å². The summed E-state index contributed by atoms with van der Waals surface area (Å²) in [5.41, 5.74) is 5.15. The molecule has 6 heteroatoms. The van der Waals surface area contributed by atoms with Crippen molar-refractivity contribution in [2.24, 2.45) is 5.92 Å². The normalized spacial score (nSPS) is 11.9. The number of ether oxygens (including phenoxy) is 2. The number of aryl methyl sites for hydroxylation is 1. The summed E-state index contributed by atoms with van der Waals surface area (Å²) in [6.45, 7) is 7.55. The van der Waals surface area contributed by atoms with Crippen molar-refractivity contribution < 1.29 is 23.8 Å². The zero-order valence-electron chi connectivity index (χ0n) is 19.8. The molecule has 0 saturated heterocycles. The van der Waals surface area contributed by atoms with E-state index in [4.69, 9.17) is 9.47 Å². The van der Waals surface area contributed by atoms with E-state index in [1.165, 1.54) is 12.1 Å². The molecule has 33 heavy (non-hydrogen) atoms. The van der Waals surface area contributed by atoms with Gasteiger partial charge in [0.05, 0.1) is 12.8 Å². The Bertz CT molecular complexity index is 1160. The maximum absolute atomic E-state index is 13.8. The maximum Gasteiger partial charge on any atom is 0.345 e. The summed E-state index contributed by atoms with van der Waals surface area (Å²) in [6, 6.07) is 15.9. The van der Waals surface area contributed by atoms with Crippen molar-refractivity contribution in [2.75, 3.05) is 19.1 Å². The standard InChI is InChI=1S/C27H30FNO4/c1-16(2)26(27(30)31)33-24-11-10-17(3)25(18(24)4)29(5)22-13-20(14-23(15-22)32-6)19-8-7-9-21(28)12-19/h7-16,26H,1-6H3,(H,30,31). The molecule has 0 spiro atoms. The van der Waals surface area contributed by atoms with Crippen LogP contribution in [0.15, 0.2) is 54.6 Å². The molecule has 0 aliphatic heterocycles. The third kappa shape index (κ3) is 5.28. The Morgan fingerprint density at radius 2 is 1.76 bits per heavy atom. The molecule has 3 aromatic carbocycles. The molecule has 1 N–H and O–H groups in total. The van der Waals surface area contributed by atoms with Gasteiger partial charge < -0.3 is 19.5 Å². The second-order valence-corrected chi connectivity index (χ2v) is 8.46. The molecule has 0 radical (unpaired) electrons. The molecule has 0 bridgehead atoms. The Kier molecular flexibility index (Phi) is 7.26. The van der Waals surface area contributed by atoms with E-state index in [0.717, 1.165) is 33.6 Å². The van der Waals surface area contributed by atoms with Crippen LogP contribution in [-0.2, 0) is 4.79 Å². The molecular weight excluding hydrogens is 421 g/mol. The van der Waals surface area contributed by atoms with Gasteiger partial charge in [0.2, 0.25) is 0 Å². The molecule has 0 fully saturated rings. The van der Waals surface area contributed by atoms with Crippen LogP contribution in [0.1, 0.15) is 25.0 Å². The summed E-state index contributed by atoms with van der Waals surface area (Å²) >= 11 is 0. The van der Waals surface area contributed by atoms with Gasteiger partial charge in [0.15, 0.2) is 6.10 Å². The van der Waals surface area contributed by atoms with Crippen LogP contribution in [0.3, 0.4) is 0 Å². The number of anilines is 2. The van der Waals surface area contributed by atoms with E-state index >= 15 is 0 Å². The van der Waals surface area contributed by atoms with Gasteiger partial charge in [0.25, 0.3) is 0 Å². The predicted molar refractivity (Wildman–Crippen MR) is 129 cm³/mol. The highest BCUT2D eigenvalue weighted by molar-refractivity contribution is 5.78. The summed E-state index contributed by atoms with van der Waals surface area (Å²) in [6.07, 6.45) is -0.944. The Hall–Kier alpha value is -3.54. The van der Waals surface area contributed by atoms with Crippen molar-refractivity contribution in [3.8, 4) is 22.6 Å². The molecule has 1 unspecified atom stereocenters. The number of hydrogen-bond acceptors (Lipinski definition) is 4. The lowest BCUT2D eigenvalue weighted by molar-refractivity contribution is -0.147. The van der Waals surface area contributed by atoms with E-state index < -0.39 is 12.1 Å². The summed E-state index contributed by atoms with van der Waals surface area (Å²) in [7, 11) is 3.53. The summed E-state index contributed by atoms with van der Waals surface area (Å²) in [5, 5.41) is 9.55. The molecule has 0 amide bonds. The molecular formula is C27H30FNO4. The van der Waals surface area contributed by atoms with E-state index in [0.29, 0.717) is 11.5 Å². The first kappa shape index (κ1) is 24.1. The van der Waals surface area contributed by atoms with Crippen LogP contribution in [0, 0.1) is 25.6 Å². The van der Waals surface area contributed by atoms with Crippen LogP contribution in [0.25, 0.3) is 11.1 Å². The van der Waals surface area contributed by atoms with Crippen LogP contribution in [-0.4, -0.2) is 31.3 Å². The van der Waals surface area contributed by atoms with E-state index in [2.05, 4.69) is 0 Å². The Labute approximate surface area is 194 Å². The van der Waals surface area contributed by atoms with Crippen molar-refractivity contribution in [3.63, 3.8) is 0 Å². The number of methoxy groups -OCH3 is 1. The lowest BCUT2D eigenvalue weighted by atomic mass is 10.0. The molecule has 5 nitrogen and oxygen atoms in total. The summed E-state index contributed by atoms with van der Waals surface area (Å²) in [4.78, 5) is 13.7. The highest BCUT2D eigenvalue weighted by atomic mass is 19.1. The van der Waals surface area contributed by atoms with Crippen LogP contribution in [0.5, 0.6) is 11.5 Å². The number of benzene rings is 3. The first-order valence-corrected chi connectivity index (χ1v) is 10.8. The van der Waals surface area contributed by atoms with Crippen molar-refractivity contribution in [1.82, 2.24) is 0 Å². The zero-order valence-corrected chi connectivity index (χ0v) is 19.8. The minimum Gasteiger partial charge on any atom is -0.497 e. The average Bonchev–Trinajstić information content (AvgIpc) is 2.77. The lowest BCUT2D eigenvalue weighted by Gasteiger charge is -2.27. The Morgan fingerprint density at radius 3 is 2.36 bits per heavy atom. The summed E-state index contributed by atoms with van der Waals surface area (Å²) in [5.74, 6) is -0.312. The second kappa shape index (κ2) is 9.94. The Balaban J connectivity index is 2.07. The lowest BCUT2D eigenvalue weighted by Crippen LogP contribution is -2.32. The van der Waals surface area contributed by atoms with Gasteiger partial charge in [-0.3, -0.25) is 0 Å². The number of halogens is 1. The fourth-order valence-corrected chi connectivity index (χ4v) is 3.93. The first-order valence-electron chi connectivity index (χ1n) is 10.8. The Morgan fingerprint density at radius 1 is 1.03 bits per heavy atom. The molecule has 0 heterocycles. The number of hydrogen-bond donors (Lipinski definition) is 1. The van der Waals surface area contributed by atoms with Gasteiger partial charge in [-0.1, -0.05) is 32.0 Å². The number of carboxylic acid groups (broad SMARTS) is 1. The van der Waals surface area contributed by atoms with Crippen molar-refractivity contribution in [3.05, 3.63) is 71.5 Å². The van der Waals surface area contributed by atoms with E-state index in [1.54, 1.807) is 13.2 Å². The molecule has 3 aromatic rings. The largest absolute Gasteiger partial charge is 0.497 e. The molecule has 3 rings (SSSR count). The third-order valence-corrected chi connectivity index (χ3v) is 5.69. The van der Waals surface area contributed by atoms with Gasteiger partial charge in [0.1, 0.15) is 17.3 Å². The van der Waals surface area contributed by atoms with Crippen LogP contribution in [0.2, 0.25) is 0 Å². The van der Waals surface area contributed by atoms with Gasteiger partial charge in [-0.15, -0.1) is 0 Å². The minimum atomic E-state index is -0.993. The molecule has 1 atom stereocenters.